The van der Waals surface area contributed by atoms with Gasteiger partial charge in [0.15, 0.2) is 0 Å². The lowest BCUT2D eigenvalue weighted by Crippen LogP contribution is -2.15. The lowest BCUT2D eigenvalue weighted by molar-refractivity contribution is 0.102. The molecule has 0 saturated carbocycles. The van der Waals surface area contributed by atoms with Gasteiger partial charge in [0, 0.05) is 0 Å². The molecule has 0 atom stereocenters. The number of para-hydroxylation sites is 1. The van der Waals surface area contributed by atoms with E-state index in [1.165, 1.54) is 13.2 Å². The number of hydrogen-bond donors (Lipinski definition) is 1. The molecule has 0 aliphatic rings. The fourth-order valence-electron chi connectivity index (χ4n) is 1.78. The van der Waals surface area contributed by atoms with Crippen LogP contribution in [0.1, 0.15) is 15.9 Å². The molecule has 2 aromatic rings. The minimum atomic E-state index is -0.868. The lowest BCUT2D eigenvalue weighted by Gasteiger charge is -2.12. The van der Waals surface area contributed by atoms with Crippen LogP contribution < -0.4 is 10.1 Å². The van der Waals surface area contributed by atoms with Crippen molar-refractivity contribution in [1.82, 2.24) is 0 Å². The molecule has 2 rings (SSSR count). The van der Waals surface area contributed by atoms with Gasteiger partial charge in [0.25, 0.3) is 5.91 Å². The van der Waals surface area contributed by atoms with Gasteiger partial charge < -0.3 is 10.1 Å². The average molecular weight is 288 g/mol. The van der Waals surface area contributed by atoms with Crippen LogP contribution in [0.25, 0.3) is 0 Å². The number of amides is 1. The average Bonchev–Trinajstić information content (AvgIpc) is 2.49. The molecule has 21 heavy (non-hydrogen) atoms. The predicted molar refractivity (Wildman–Crippen MR) is 72.0 cm³/mol. The molecular weight excluding hydrogens is 278 g/mol. The zero-order chi connectivity index (χ0) is 15.4. The molecule has 0 unspecified atom stereocenters. The summed E-state index contributed by atoms with van der Waals surface area (Å²) in [5.74, 6) is -2.21. The van der Waals surface area contributed by atoms with Crippen LogP contribution in [0.4, 0.5) is 14.5 Å². The van der Waals surface area contributed by atoms with Crippen molar-refractivity contribution in [2.45, 2.75) is 0 Å². The number of ether oxygens (including phenoxy) is 1. The first-order valence-corrected chi connectivity index (χ1v) is 5.90. The van der Waals surface area contributed by atoms with Crippen LogP contribution in [0, 0.1) is 23.0 Å². The molecular formula is C15H10F2N2O2. The second-order valence-electron chi connectivity index (χ2n) is 4.07. The first kappa shape index (κ1) is 14.5. The van der Waals surface area contributed by atoms with E-state index in [9.17, 15) is 13.6 Å². The summed E-state index contributed by atoms with van der Waals surface area (Å²) in [6, 6.07) is 9.04. The van der Waals surface area contributed by atoms with E-state index >= 15 is 0 Å². The normalized spacial score (nSPS) is 9.81. The third kappa shape index (κ3) is 2.98. The maximum atomic E-state index is 13.6. The Morgan fingerprint density at radius 3 is 2.71 bits per heavy atom. The van der Waals surface area contributed by atoms with E-state index in [0.717, 1.165) is 18.2 Å². The molecule has 0 aromatic heterocycles. The van der Waals surface area contributed by atoms with Crippen LogP contribution in [-0.4, -0.2) is 13.0 Å². The van der Waals surface area contributed by atoms with Crippen LogP contribution in [0.5, 0.6) is 5.75 Å². The van der Waals surface area contributed by atoms with Crippen molar-refractivity contribution >= 4 is 11.6 Å². The Morgan fingerprint density at radius 1 is 1.29 bits per heavy atom. The molecule has 0 saturated heterocycles. The van der Waals surface area contributed by atoms with Crippen LogP contribution in [0.3, 0.4) is 0 Å². The van der Waals surface area contributed by atoms with Crippen molar-refractivity contribution in [2.24, 2.45) is 0 Å². The number of benzene rings is 2. The van der Waals surface area contributed by atoms with Crippen molar-refractivity contribution in [3.63, 3.8) is 0 Å². The van der Waals surface area contributed by atoms with E-state index in [-0.39, 0.29) is 17.0 Å². The van der Waals surface area contributed by atoms with Gasteiger partial charge in [-0.2, -0.15) is 5.26 Å². The van der Waals surface area contributed by atoms with Gasteiger partial charge in [-0.15, -0.1) is 0 Å². The quantitative estimate of drug-likeness (QED) is 0.944. The zero-order valence-electron chi connectivity index (χ0n) is 11.0. The largest absolute Gasteiger partial charge is 0.495 e. The molecule has 0 spiro atoms. The Balaban J connectivity index is 2.41. The van der Waals surface area contributed by atoms with E-state index in [4.69, 9.17) is 10.00 Å². The van der Waals surface area contributed by atoms with Crippen molar-refractivity contribution in [3.05, 3.63) is 59.2 Å². The minimum Gasteiger partial charge on any atom is -0.495 e. The predicted octanol–water partition coefficient (Wildman–Crippen LogP) is 3.10. The van der Waals surface area contributed by atoms with Crippen molar-refractivity contribution in [2.75, 3.05) is 12.4 Å². The lowest BCUT2D eigenvalue weighted by atomic mass is 10.1. The van der Waals surface area contributed by atoms with E-state index in [2.05, 4.69) is 5.32 Å². The topological polar surface area (TPSA) is 62.1 Å². The number of nitrogens with zero attached hydrogens (tertiary/aromatic N) is 1. The molecule has 6 heteroatoms. The van der Waals surface area contributed by atoms with Crippen LogP contribution in [0.2, 0.25) is 0 Å². The first-order valence-electron chi connectivity index (χ1n) is 5.90. The number of carbonyl (C=O) groups is 1. The summed E-state index contributed by atoms with van der Waals surface area (Å²) in [6.07, 6.45) is 0. The summed E-state index contributed by atoms with van der Waals surface area (Å²) in [5.41, 5.74) is -0.194. The van der Waals surface area contributed by atoms with Crippen LogP contribution >= 0.6 is 0 Å². The van der Waals surface area contributed by atoms with Gasteiger partial charge in [-0.3, -0.25) is 4.79 Å². The monoisotopic (exact) mass is 288 g/mol. The molecule has 0 aliphatic heterocycles. The zero-order valence-corrected chi connectivity index (χ0v) is 11.0. The molecule has 1 amide bonds. The van der Waals surface area contributed by atoms with Gasteiger partial charge in [-0.1, -0.05) is 6.07 Å². The smallest absolute Gasteiger partial charge is 0.258 e. The minimum absolute atomic E-state index is 0.108. The van der Waals surface area contributed by atoms with Crippen molar-refractivity contribution < 1.29 is 18.3 Å². The fourth-order valence-corrected chi connectivity index (χ4v) is 1.78. The molecule has 0 bridgehead atoms. The van der Waals surface area contributed by atoms with Crippen LogP contribution in [0.15, 0.2) is 36.4 Å². The number of hydrogen-bond acceptors (Lipinski definition) is 3. The summed E-state index contributed by atoms with van der Waals surface area (Å²) in [7, 11) is 1.37. The number of methoxy groups -OCH3 is 1. The van der Waals surface area contributed by atoms with E-state index in [1.54, 1.807) is 12.1 Å². The summed E-state index contributed by atoms with van der Waals surface area (Å²) in [5, 5.41) is 11.4. The Kier molecular flexibility index (Phi) is 4.14. The molecule has 2 aromatic carbocycles. The van der Waals surface area contributed by atoms with Gasteiger partial charge in [0.1, 0.15) is 29.1 Å². The summed E-state index contributed by atoms with van der Waals surface area (Å²) in [6.45, 7) is 0. The Labute approximate surface area is 119 Å². The van der Waals surface area contributed by atoms with Gasteiger partial charge in [-0.25, -0.2) is 8.78 Å². The third-order valence-corrected chi connectivity index (χ3v) is 2.78. The molecule has 1 N–H and O–H groups in total. The van der Waals surface area contributed by atoms with Gasteiger partial charge in [0.2, 0.25) is 0 Å². The SMILES string of the molecule is COc1cccc(C#N)c1NC(=O)c1cc(F)ccc1F. The Hall–Kier alpha value is -2.94. The highest BCUT2D eigenvalue weighted by molar-refractivity contribution is 6.06. The summed E-state index contributed by atoms with van der Waals surface area (Å²) in [4.78, 5) is 12.0. The molecule has 0 heterocycles. The second kappa shape index (κ2) is 6.01. The molecule has 4 nitrogen and oxygen atoms in total. The summed E-state index contributed by atoms with van der Waals surface area (Å²) < 4.78 is 31.7. The molecule has 0 radical (unpaired) electrons. The maximum absolute atomic E-state index is 13.6. The van der Waals surface area contributed by atoms with E-state index in [0.29, 0.717) is 0 Å². The standard InChI is InChI=1S/C15H10F2N2O2/c1-21-13-4-2-3-9(8-18)14(13)19-15(20)11-7-10(16)5-6-12(11)17/h2-7H,1H3,(H,19,20). The molecule has 0 aliphatic carbocycles. The maximum Gasteiger partial charge on any atom is 0.258 e. The summed E-state index contributed by atoms with van der Waals surface area (Å²) >= 11 is 0. The number of rotatable bonds is 3. The van der Waals surface area contributed by atoms with E-state index in [1.807, 2.05) is 6.07 Å². The second-order valence-corrected chi connectivity index (χ2v) is 4.07. The van der Waals surface area contributed by atoms with Crippen molar-refractivity contribution in [3.8, 4) is 11.8 Å². The highest BCUT2D eigenvalue weighted by Crippen LogP contribution is 2.28. The number of carbonyl (C=O) groups excluding carboxylic acids is 1. The highest BCUT2D eigenvalue weighted by Gasteiger charge is 2.17. The van der Waals surface area contributed by atoms with Gasteiger partial charge >= 0.3 is 0 Å². The highest BCUT2D eigenvalue weighted by atomic mass is 19.1. The third-order valence-electron chi connectivity index (χ3n) is 2.78. The fraction of sp³-hybridized carbons (Fsp3) is 0.0667. The van der Waals surface area contributed by atoms with Gasteiger partial charge in [-0.05, 0) is 30.3 Å². The number of nitriles is 1. The van der Waals surface area contributed by atoms with Gasteiger partial charge in [0.05, 0.1) is 18.2 Å². The first-order chi connectivity index (χ1) is 10.1. The number of anilines is 1. The van der Waals surface area contributed by atoms with Crippen LogP contribution in [-0.2, 0) is 0 Å². The Morgan fingerprint density at radius 2 is 2.05 bits per heavy atom. The number of halogens is 2. The molecule has 0 fully saturated rings. The Bertz CT molecular complexity index is 739. The van der Waals surface area contributed by atoms with E-state index < -0.39 is 23.1 Å². The number of nitrogens with one attached hydrogen (secondary N) is 1. The molecule has 106 valence electrons. The van der Waals surface area contributed by atoms with Crippen molar-refractivity contribution in [1.29, 1.82) is 5.26 Å².